The Bertz CT molecular complexity index is 2300. The van der Waals surface area contributed by atoms with Crippen LogP contribution >= 0.6 is 21.6 Å². The summed E-state index contributed by atoms with van der Waals surface area (Å²) in [5, 5.41) is 92.6. The maximum Gasteiger partial charge on any atom is 0.200 e. The number of phenolic OH excluding ortho intramolecular Hbond substituents is 2. The number of nitrogens with one attached hydrogen (secondary N) is 1. The number of hydrogen-bond acceptors (Lipinski definition) is 15. The van der Waals surface area contributed by atoms with Gasteiger partial charge in [-0.2, -0.15) is 0 Å². The fourth-order valence-electron chi connectivity index (χ4n) is 13.2. The molecule has 4 bridgehead atoms. The third kappa shape index (κ3) is 13.6. The lowest BCUT2D eigenvalue weighted by Crippen LogP contribution is -2.50. The quantitative estimate of drug-likeness (QED) is 0.0517. The second-order valence-corrected chi connectivity index (χ2v) is 24.5. The highest BCUT2D eigenvalue weighted by Crippen LogP contribution is 2.57. The molecule has 0 saturated heterocycles. The summed E-state index contributed by atoms with van der Waals surface area (Å²) in [5.41, 5.74) is 4.51. The molecule has 9 N–H and O–H groups in total. The van der Waals surface area contributed by atoms with E-state index in [4.69, 9.17) is 18.9 Å². The monoisotopic (exact) mass is 1050 g/mol. The average Bonchev–Trinajstić information content (AvgIpc) is 3.44. The van der Waals surface area contributed by atoms with Crippen molar-refractivity contribution in [2.75, 3.05) is 53.1 Å². The number of phenols is 2. The molecule has 0 amide bonds. The number of ether oxygens (including phenoxy) is 4. The third-order valence-electron chi connectivity index (χ3n) is 17.1. The zero-order valence-electron chi connectivity index (χ0n) is 43.0. The molecule has 14 unspecified atom stereocenters. The Morgan fingerprint density at radius 3 is 2.30 bits per heavy atom. The molecule has 402 valence electrons. The zero-order chi connectivity index (χ0) is 51.6. The lowest BCUT2D eigenvalue weighted by molar-refractivity contribution is -0.0808. The first-order valence-corrected chi connectivity index (χ1v) is 29.3. The molecule has 73 heavy (non-hydrogen) atoms. The fourth-order valence-corrected chi connectivity index (χ4v) is 16.1. The summed E-state index contributed by atoms with van der Waals surface area (Å²) in [7, 11) is 5.85. The molecule has 2 heterocycles. The Morgan fingerprint density at radius 2 is 1.56 bits per heavy atom. The number of fused-ring (bicyclic) bond motifs is 5. The predicted molar refractivity (Wildman–Crippen MR) is 286 cm³/mol. The third-order valence-corrected chi connectivity index (χ3v) is 20.0. The molecule has 0 aromatic heterocycles. The van der Waals surface area contributed by atoms with Crippen LogP contribution in [0.25, 0.3) is 0 Å². The normalized spacial score (nSPS) is 33.4. The summed E-state index contributed by atoms with van der Waals surface area (Å²) < 4.78 is 23.7. The summed E-state index contributed by atoms with van der Waals surface area (Å²) in [5.74, 6) is 9.52. The van der Waals surface area contributed by atoms with Gasteiger partial charge < -0.3 is 65.1 Å². The van der Waals surface area contributed by atoms with Gasteiger partial charge in [-0.3, -0.25) is 0 Å². The maximum absolute atomic E-state index is 12.0. The SMILES string of the molecule is COc1cc(CC2C(O)CSSC(CCO)c3cc(O)c(OC4CCC5CNCC6C#CC7(CC(C)CCC7CCC(O)C(CO)Cc7cccc(c7)C6)C5C4)cc3CCC(OCO)CC2O)cc(OC)c1O. The van der Waals surface area contributed by atoms with Gasteiger partial charge in [0, 0.05) is 53.9 Å². The number of aliphatic hydroxyl groups is 6. The van der Waals surface area contributed by atoms with E-state index in [1.165, 1.54) is 41.4 Å². The fraction of sp³-hybridized carbons (Fsp3) is 0.655. The van der Waals surface area contributed by atoms with Crippen LogP contribution in [0.5, 0.6) is 28.7 Å². The predicted octanol–water partition coefficient (Wildman–Crippen LogP) is 7.53. The van der Waals surface area contributed by atoms with Crippen LogP contribution in [0.15, 0.2) is 48.5 Å². The molecule has 3 aromatic carbocycles. The van der Waals surface area contributed by atoms with Crippen LogP contribution in [0.4, 0.5) is 0 Å². The van der Waals surface area contributed by atoms with Crippen LogP contribution in [0.1, 0.15) is 111 Å². The number of hydrogen-bond donors (Lipinski definition) is 9. The summed E-state index contributed by atoms with van der Waals surface area (Å²) in [6, 6.07) is 15.7. The van der Waals surface area contributed by atoms with Gasteiger partial charge in [0.1, 0.15) is 6.79 Å². The van der Waals surface area contributed by atoms with E-state index in [1.54, 1.807) is 18.2 Å². The molecule has 0 radical (unpaired) electrons. The van der Waals surface area contributed by atoms with Crippen LogP contribution < -0.4 is 19.5 Å². The molecule has 2 saturated carbocycles. The number of aryl methyl sites for hydroxylation is 1. The smallest absolute Gasteiger partial charge is 0.200 e. The van der Waals surface area contributed by atoms with Crippen LogP contribution in [0.3, 0.4) is 0 Å². The minimum atomic E-state index is -1.04. The van der Waals surface area contributed by atoms with E-state index < -0.39 is 37.1 Å². The van der Waals surface area contributed by atoms with Crippen molar-refractivity contribution in [1.29, 1.82) is 0 Å². The molecule has 14 atom stereocenters. The van der Waals surface area contributed by atoms with Gasteiger partial charge in [-0.15, -0.1) is 0 Å². The minimum absolute atomic E-state index is 0.0211. The van der Waals surface area contributed by atoms with Crippen LogP contribution in [-0.2, 0) is 30.4 Å². The molecule has 5 aliphatic rings. The van der Waals surface area contributed by atoms with E-state index in [9.17, 15) is 40.9 Å². The Morgan fingerprint density at radius 1 is 0.795 bits per heavy atom. The first kappa shape index (κ1) is 55.8. The van der Waals surface area contributed by atoms with Gasteiger partial charge in [0.2, 0.25) is 5.75 Å². The molecule has 3 aliphatic carbocycles. The number of methoxy groups -OCH3 is 2. The lowest BCUT2D eigenvalue weighted by Gasteiger charge is -2.53. The van der Waals surface area contributed by atoms with Crippen molar-refractivity contribution >= 4 is 21.6 Å². The summed E-state index contributed by atoms with van der Waals surface area (Å²) >= 11 is 0. The highest BCUT2D eigenvalue weighted by molar-refractivity contribution is 8.76. The van der Waals surface area contributed by atoms with Crippen LogP contribution in [0.2, 0.25) is 0 Å². The molecule has 2 fully saturated rings. The number of aliphatic hydroxyl groups excluding tert-OH is 6. The van der Waals surface area contributed by atoms with Gasteiger partial charge in [-0.05, 0) is 172 Å². The van der Waals surface area contributed by atoms with Gasteiger partial charge in [-0.1, -0.05) is 71.0 Å². The summed E-state index contributed by atoms with van der Waals surface area (Å²) in [6.07, 6.45) is 6.75. The highest BCUT2D eigenvalue weighted by Gasteiger charge is 2.52. The summed E-state index contributed by atoms with van der Waals surface area (Å²) in [6.45, 7) is 3.33. The molecular formula is C58H81NO12S2. The van der Waals surface area contributed by atoms with Crippen molar-refractivity contribution in [2.24, 2.45) is 46.8 Å². The van der Waals surface area contributed by atoms with E-state index in [-0.39, 0.29) is 95.2 Å². The molecular weight excluding hydrogens is 967 g/mol. The van der Waals surface area contributed by atoms with E-state index in [1.807, 2.05) is 6.07 Å². The maximum atomic E-state index is 12.0. The second-order valence-electron chi connectivity index (χ2n) is 21.9. The first-order valence-electron chi connectivity index (χ1n) is 26.9. The standard InChI is InChI=1S/C58H81NO12S2/c1-35-7-10-43-11-14-49(63)42(32-61)21-37-6-4-5-36(19-37)20-38-15-17-58(43,29-35)48-26-45(13-9-41(48)31-59-30-38)71-53-25-40-8-12-44(70-34-62)27-50(64)47(22-39-23-54(68-2)57(67)55(24-39)69-3)52(66)33-72-73-56(16-18-60)46(40)28-51(53)65/h4-6,19,23-25,28,35,38,41-45,47-50,52,56,59-67H,7-14,16,18,20-22,26-27,29-34H2,1-3H3. The molecule has 2 aliphatic heterocycles. The van der Waals surface area contributed by atoms with Gasteiger partial charge in [-0.25, -0.2) is 0 Å². The van der Waals surface area contributed by atoms with E-state index in [2.05, 4.69) is 48.3 Å². The number of aromatic hydroxyl groups is 2. The second kappa shape index (κ2) is 26.1. The van der Waals surface area contributed by atoms with Crippen molar-refractivity contribution in [3.05, 3.63) is 76.3 Å². The Hall–Kier alpha value is -3.40. The van der Waals surface area contributed by atoms with Crippen molar-refractivity contribution < 1.29 is 59.8 Å². The minimum Gasteiger partial charge on any atom is -0.504 e. The van der Waals surface area contributed by atoms with Crippen molar-refractivity contribution in [3.63, 3.8) is 0 Å². The van der Waals surface area contributed by atoms with Crippen molar-refractivity contribution in [3.8, 4) is 40.6 Å². The van der Waals surface area contributed by atoms with Crippen molar-refractivity contribution in [1.82, 2.24) is 5.32 Å². The molecule has 8 rings (SSSR count). The summed E-state index contributed by atoms with van der Waals surface area (Å²) in [4.78, 5) is 0. The Kier molecular flexibility index (Phi) is 20.0. The van der Waals surface area contributed by atoms with E-state index in [0.29, 0.717) is 55.3 Å². The van der Waals surface area contributed by atoms with Crippen molar-refractivity contribution in [2.45, 2.75) is 139 Å². The molecule has 13 nitrogen and oxygen atoms in total. The molecule has 1 spiro atoms. The number of benzene rings is 3. The zero-order valence-corrected chi connectivity index (χ0v) is 44.6. The lowest BCUT2D eigenvalue weighted by atomic mass is 9.51. The van der Waals surface area contributed by atoms with Gasteiger partial charge in [0.05, 0.1) is 44.7 Å². The topological polar surface area (TPSA) is 211 Å². The van der Waals surface area contributed by atoms with E-state index in [0.717, 1.165) is 81.1 Å². The van der Waals surface area contributed by atoms with E-state index >= 15 is 0 Å². The largest absolute Gasteiger partial charge is 0.504 e. The Labute approximate surface area is 440 Å². The molecule has 15 heteroatoms. The van der Waals surface area contributed by atoms with Gasteiger partial charge in [0.25, 0.3) is 0 Å². The highest BCUT2D eigenvalue weighted by atomic mass is 33.1. The van der Waals surface area contributed by atoms with Crippen LogP contribution in [0, 0.1) is 58.7 Å². The van der Waals surface area contributed by atoms with Gasteiger partial charge >= 0.3 is 0 Å². The van der Waals surface area contributed by atoms with Gasteiger partial charge in [0.15, 0.2) is 23.0 Å². The average molecular weight is 1050 g/mol. The molecule has 3 aromatic rings. The Balaban J connectivity index is 1.08. The van der Waals surface area contributed by atoms with Crippen LogP contribution in [-0.4, -0.2) is 124 Å². The first-order chi connectivity index (χ1) is 35.3. The number of rotatable bonds is 11.